The normalized spacial score (nSPS) is 15.8. The zero-order valence-corrected chi connectivity index (χ0v) is 26.2. The van der Waals surface area contributed by atoms with E-state index in [1.807, 2.05) is 98.6 Å². The van der Waals surface area contributed by atoms with E-state index in [-0.39, 0.29) is 17.6 Å². The molecule has 2 unspecified atom stereocenters. The molecule has 2 amide bonds. The quantitative estimate of drug-likeness (QED) is 0.217. The molecule has 0 bridgehead atoms. The Kier molecular flexibility index (Phi) is 8.81. The number of carbonyl (C=O) groups is 2. The maximum absolute atomic E-state index is 14.7. The number of rotatable bonds is 9. The second-order valence-corrected chi connectivity index (χ2v) is 13.1. The van der Waals surface area contributed by atoms with Crippen molar-refractivity contribution in [2.24, 2.45) is 11.7 Å². The lowest BCUT2D eigenvalue weighted by molar-refractivity contribution is -0.141. The van der Waals surface area contributed by atoms with Crippen molar-refractivity contribution in [3.05, 3.63) is 108 Å². The molecule has 0 radical (unpaired) electrons. The zero-order chi connectivity index (χ0) is 31.5. The fourth-order valence-corrected chi connectivity index (χ4v) is 5.99. The largest absolute Gasteiger partial charge is 0.488 e. The number of aromatic amines is 1. The minimum atomic E-state index is -0.949. The lowest BCUT2D eigenvalue weighted by atomic mass is 9.85. The number of amides is 2. The van der Waals surface area contributed by atoms with Crippen molar-refractivity contribution in [2.75, 3.05) is 0 Å². The first-order valence-electron chi connectivity index (χ1n) is 15.1. The van der Waals surface area contributed by atoms with E-state index >= 15 is 0 Å². The van der Waals surface area contributed by atoms with Crippen LogP contribution in [0.4, 0.5) is 4.79 Å². The van der Waals surface area contributed by atoms with E-state index in [1.165, 1.54) is 5.56 Å². The molecular formula is C36H42N4O4. The summed E-state index contributed by atoms with van der Waals surface area (Å²) in [6.07, 6.45) is 2.36. The van der Waals surface area contributed by atoms with Crippen LogP contribution in [0.3, 0.4) is 0 Å². The van der Waals surface area contributed by atoms with Crippen molar-refractivity contribution in [1.29, 1.82) is 0 Å². The molecule has 3 aromatic carbocycles. The highest BCUT2D eigenvalue weighted by Crippen LogP contribution is 2.36. The van der Waals surface area contributed by atoms with Crippen molar-refractivity contribution in [3.8, 4) is 17.0 Å². The molecule has 0 saturated carbocycles. The fourth-order valence-electron chi connectivity index (χ4n) is 5.99. The number of hydrogen-bond donors (Lipinski definition) is 2. The molecule has 0 aliphatic carbocycles. The van der Waals surface area contributed by atoms with E-state index in [1.54, 1.807) is 13.8 Å². The molecule has 230 valence electrons. The van der Waals surface area contributed by atoms with E-state index in [0.717, 1.165) is 34.0 Å². The Labute approximate surface area is 259 Å². The molecule has 44 heavy (non-hydrogen) atoms. The summed E-state index contributed by atoms with van der Waals surface area (Å²) >= 11 is 0. The average Bonchev–Trinajstić information content (AvgIpc) is 3.46. The number of ether oxygens (including phenoxy) is 2. The molecule has 1 aliphatic heterocycles. The molecule has 5 rings (SSSR count). The first-order valence-corrected chi connectivity index (χ1v) is 15.1. The number of H-pyrrole nitrogens is 1. The topological polar surface area (TPSA) is 111 Å². The average molecular weight is 595 g/mol. The highest BCUT2D eigenvalue weighted by molar-refractivity contribution is 5.80. The Hall–Kier alpha value is -4.59. The third-order valence-corrected chi connectivity index (χ3v) is 7.82. The molecule has 1 aromatic heterocycles. The van der Waals surface area contributed by atoms with E-state index in [2.05, 4.69) is 17.1 Å². The smallest absolute Gasteiger partial charge is 0.405 e. The third kappa shape index (κ3) is 7.67. The van der Waals surface area contributed by atoms with Gasteiger partial charge < -0.3 is 25.1 Å². The van der Waals surface area contributed by atoms with Crippen molar-refractivity contribution in [1.82, 2.24) is 14.9 Å². The van der Waals surface area contributed by atoms with Gasteiger partial charge in [-0.1, -0.05) is 66.7 Å². The van der Waals surface area contributed by atoms with Crippen molar-refractivity contribution in [2.45, 2.75) is 77.7 Å². The predicted molar refractivity (Wildman–Crippen MR) is 171 cm³/mol. The Bertz CT molecular complexity index is 1590. The molecule has 1 aliphatic rings. The highest BCUT2D eigenvalue weighted by Gasteiger charge is 2.39. The lowest BCUT2D eigenvalue weighted by Crippen LogP contribution is -2.45. The maximum Gasteiger partial charge on any atom is 0.405 e. The SMILES string of the molecule is CC(C)(C)Oc1ccc(CC(CC(C)(C)OC(N)=O)C(=O)N2Cc3ccccc3CC2c2ncc(-c3ccccc3)[nH]2)cc1. The third-order valence-electron chi connectivity index (χ3n) is 7.82. The number of aromatic nitrogens is 2. The molecule has 0 saturated heterocycles. The molecule has 2 heterocycles. The first-order chi connectivity index (χ1) is 20.9. The molecule has 2 atom stereocenters. The minimum absolute atomic E-state index is 0.0293. The van der Waals surface area contributed by atoms with E-state index in [9.17, 15) is 9.59 Å². The summed E-state index contributed by atoms with van der Waals surface area (Å²) in [7, 11) is 0. The summed E-state index contributed by atoms with van der Waals surface area (Å²) in [5, 5.41) is 0. The van der Waals surface area contributed by atoms with Crippen molar-refractivity contribution in [3.63, 3.8) is 0 Å². The molecule has 0 spiro atoms. The molecule has 4 aromatic rings. The monoisotopic (exact) mass is 594 g/mol. The van der Waals surface area contributed by atoms with E-state index in [4.69, 9.17) is 20.2 Å². The van der Waals surface area contributed by atoms with Gasteiger partial charge in [0.15, 0.2) is 0 Å². The lowest BCUT2D eigenvalue weighted by Gasteiger charge is -2.39. The van der Waals surface area contributed by atoms with Crippen molar-refractivity contribution < 1.29 is 19.1 Å². The summed E-state index contributed by atoms with van der Waals surface area (Å²) in [4.78, 5) is 36.6. The summed E-state index contributed by atoms with van der Waals surface area (Å²) < 4.78 is 11.5. The predicted octanol–water partition coefficient (Wildman–Crippen LogP) is 7.00. The maximum atomic E-state index is 14.7. The van der Waals surface area contributed by atoms with Crippen LogP contribution in [0.15, 0.2) is 85.1 Å². The van der Waals surface area contributed by atoms with Crippen LogP contribution < -0.4 is 10.5 Å². The van der Waals surface area contributed by atoms with Crippen LogP contribution >= 0.6 is 0 Å². The van der Waals surface area contributed by atoms with Crippen LogP contribution in [0.5, 0.6) is 5.75 Å². The fraction of sp³-hybridized carbons (Fsp3) is 0.361. The number of hydrogen-bond acceptors (Lipinski definition) is 5. The molecule has 3 N–H and O–H groups in total. The van der Waals surface area contributed by atoms with Gasteiger partial charge in [0.1, 0.15) is 22.8 Å². The number of carbonyl (C=O) groups excluding carboxylic acids is 2. The van der Waals surface area contributed by atoms with Gasteiger partial charge >= 0.3 is 6.09 Å². The number of imidazole rings is 1. The van der Waals surface area contributed by atoms with Crippen LogP contribution in [0.1, 0.15) is 69.6 Å². The van der Waals surface area contributed by atoms with Gasteiger partial charge in [0, 0.05) is 18.9 Å². The number of benzene rings is 3. The highest BCUT2D eigenvalue weighted by atomic mass is 16.6. The van der Waals surface area contributed by atoms with Gasteiger partial charge in [0.2, 0.25) is 5.91 Å². The molecule has 8 heteroatoms. The zero-order valence-electron chi connectivity index (χ0n) is 26.2. The Morgan fingerprint density at radius 2 is 1.61 bits per heavy atom. The summed E-state index contributed by atoms with van der Waals surface area (Å²) in [5.74, 6) is 0.983. The van der Waals surface area contributed by atoms with Gasteiger partial charge in [0.25, 0.3) is 0 Å². The van der Waals surface area contributed by atoms with Crippen LogP contribution in [0.2, 0.25) is 0 Å². The van der Waals surface area contributed by atoms with Crippen LogP contribution in [0.25, 0.3) is 11.3 Å². The van der Waals surface area contributed by atoms with Crippen LogP contribution in [-0.2, 0) is 28.9 Å². The molecular weight excluding hydrogens is 552 g/mol. The number of nitrogens with two attached hydrogens (primary N) is 1. The Balaban J connectivity index is 1.48. The van der Waals surface area contributed by atoms with Crippen LogP contribution in [0, 0.1) is 5.92 Å². The molecule has 8 nitrogen and oxygen atoms in total. The van der Waals surface area contributed by atoms with Gasteiger partial charge in [-0.15, -0.1) is 0 Å². The van der Waals surface area contributed by atoms with Gasteiger partial charge in [-0.05, 0) is 81.8 Å². The Morgan fingerprint density at radius 3 is 2.27 bits per heavy atom. The van der Waals surface area contributed by atoms with Gasteiger partial charge in [0.05, 0.1) is 17.9 Å². The minimum Gasteiger partial charge on any atom is -0.488 e. The van der Waals surface area contributed by atoms with E-state index < -0.39 is 17.6 Å². The number of nitrogens with one attached hydrogen (secondary N) is 1. The van der Waals surface area contributed by atoms with Crippen molar-refractivity contribution >= 4 is 12.0 Å². The Morgan fingerprint density at radius 1 is 0.955 bits per heavy atom. The van der Waals surface area contributed by atoms with E-state index in [0.29, 0.717) is 25.8 Å². The first kappa shape index (κ1) is 30.9. The number of primary amides is 1. The second-order valence-electron chi connectivity index (χ2n) is 13.1. The second kappa shape index (κ2) is 12.6. The molecule has 0 fully saturated rings. The van der Waals surface area contributed by atoms with Gasteiger partial charge in [-0.2, -0.15) is 0 Å². The standard InChI is InChI=1S/C36H42N4O4/c1-35(2,3)43-29-17-15-24(16-18-29)19-28(21-36(4,5)44-34(37)42)33(41)40-23-27-14-10-9-13-26(27)20-31(40)32-38-22-30(39-32)25-11-7-6-8-12-25/h6-18,22,28,31H,19-21,23H2,1-5H3,(H2,37,42)(H,38,39). The summed E-state index contributed by atoms with van der Waals surface area (Å²) in [6.45, 7) is 10.1. The van der Waals surface area contributed by atoms with Crippen LogP contribution in [-0.4, -0.2) is 38.1 Å². The summed E-state index contributed by atoms with van der Waals surface area (Å²) in [6, 6.07) is 25.8. The summed E-state index contributed by atoms with van der Waals surface area (Å²) in [5.41, 5.74) is 9.37. The number of fused-ring (bicyclic) bond motifs is 1. The van der Waals surface area contributed by atoms with Gasteiger partial charge in [-0.3, -0.25) is 4.79 Å². The number of nitrogens with zero attached hydrogens (tertiary/aromatic N) is 2. The van der Waals surface area contributed by atoms with Gasteiger partial charge in [-0.25, -0.2) is 9.78 Å².